The van der Waals surface area contributed by atoms with E-state index in [1.165, 1.54) is 0 Å². The summed E-state index contributed by atoms with van der Waals surface area (Å²) in [5, 5.41) is 12.3. The smallest absolute Gasteiger partial charge is 0.0595 e. The van der Waals surface area contributed by atoms with E-state index in [2.05, 4.69) is 24.3 Å². The number of nitrogens with zero attached hydrogens (tertiary/aromatic N) is 1. The van der Waals surface area contributed by atoms with Gasteiger partial charge in [0.05, 0.1) is 6.17 Å². The summed E-state index contributed by atoms with van der Waals surface area (Å²) >= 11 is 0. The van der Waals surface area contributed by atoms with E-state index in [9.17, 15) is 0 Å². The normalized spacial score (nSPS) is 32.7. The Balaban J connectivity index is 2.33. The maximum Gasteiger partial charge on any atom is 0.0595 e. The Kier molecular flexibility index (Phi) is 3.30. The Morgan fingerprint density at radius 2 is 2.27 bits per heavy atom. The van der Waals surface area contributed by atoms with Gasteiger partial charge in [0.2, 0.25) is 0 Å². The zero-order chi connectivity index (χ0) is 8.27. The minimum atomic E-state index is 0.339. The highest BCUT2D eigenvalue weighted by Gasteiger charge is 2.21. The molecule has 1 aliphatic heterocycles. The monoisotopic (exact) mass is 158 g/mol. The first-order chi connectivity index (χ1) is 5.24. The van der Waals surface area contributed by atoms with Gasteiger partial charge in [0.15, 0.2) is 0 Å². The van der Waals surface area contributed by atoms with Crippen molar-refractivity contribution in [2.75, 3.05) is 27.2 Å². The van der Waals surface area contributed by atoms with Gasteiger partial charge in [0.1, 0.15) is 0 Å². The number of aliphatic hydroxyl groups excluding tert-OH is 1. The van der Waals surface area contributed by atoms with E-state index in [0.29, 0.717) is 18.7 Å². The summed E-state index contributed by atoms with van der Waals surface area (Å²) in [6.07, 6.45) is 2.64. The van der Waals surface area contributed by atoms with Crippen LogP contribution in [0.25, 0.3) is 0 Å². The van der Waals surface area contributed by atoms with E-state index < -0.39 is 0 Å². The first kappa shape index (κ1) is 8.97. The minimum absolute atomic E-state index is 0.339. The zero-order valence-corrected chi connectivity index (χ0v) is 7.38. The van der Waals surface area contributed by atoms with Crippen LogP contribution in [0.1, 0.15) is 12.8 Å². The molecule has 1 saturated heterocycles. The molecule has 2 unspecified atom stereocenters. The van der Waals surface area contributed by atoms with Gasteiger partial charge in [-0.1, -0.05) is 0 Å². The molecular weight excluding hydrogens is 140 g/mol. The van der Waals surface area contributed by atoms with Gasteiger partial charge in [0, 0.05) is 6.61 Å². The van der Waals surface area contributed by atoms with Crippen molar-refractivity contribution in [2.45, 2.75) is 19.0 Å². The number of rotatable bonds is 2. The Morgan fingerprint density at radius 1 is 1.55 bits per heavy atom. The second-order valence-electron chi connectivity index (χ2n) is 3.51. The van der Waals surface area contributed by atoms with E-state index in [-0.39, 0.29) is 0 Å². The summed E-state index contributed by atoms with van der Waals surface area (Å²) in [6, 6.07) is 0. The molecule has 1 aliphatic rings. The van der Waals surface area contributed by atoms with E-state index >= 15 is 0 Å². The molecule has 0 spiro atoms. The summed E-state index contributed by atoms with van der Waals surface area (Å²) in [7, 11) is 4.13. The standard InChI is InChI=1S/C8H18N2O/c1-10(2)8-5-7(6-11)3-4-9-8/h7-9,11H,3-6H2,1-2H3. The van der Waals surface area contributed by atoms with Crippen LogP contribution in [0.3, 0.4) is 0 Å². The van der Waals surface area contributed by atoms with Gasteiger partial charge in [-0.25, -0.2) is 0 Å². The Labute approximate surface area is 68.4 Å². The highest BCUT2D eigenvalue weighted by atomic mass is 16.3. The third kappa shape index (κ3) is 2.43. The Hall–Kier alpha value is -0.120. The second kappa shape index (κ2) is 4.04. The van der Waals surface area contributed by atoms with Gasteiger partial charge in [-0.3, -0.25) is 4.90 Å². The van der Waals surface area contributed by atoms with E-state index in [4.69, 9.17) is 5.11 Å². The Morgan fingerprint density at radius 3 is 2.82 bits per heavy atom. The number of hydrogen-bond donors (Lipinski definition) is 2. The molecule has 0 radical (unpaired) electrons. The molecule has 3 heteroatoms. The lowest BCUT2D eigenvalue weighted by molar-refractivity contribution is 0.120. The van der Waals surface area contributed by atoms with E-state index in [1.807, 2.05) is 0 Å². The van der Waals surface area contributed by atoms with Crippen LogP contribution in [0.5, 0.6) is 0 Å². The predicted molar refractivity (Wildman–Crippen MR) is 45.3 cm³/mol. The highest BCUT2D eigenvalue weighted by Crippen LogP contribution is 2.15. The molecule has 1 rings (SSSR count). The summed E-state index contributed by atoms with van der Waals surface area (Å²) in [6.45, 7) is 1.38. The maximum absolute atomic E-state index is 8.94. The summed E-state index contributed by atoms with van der Waals surface area (Å²) in [5.74, 6) is 0.503. The predicted octanol–water partition coefficient (Wildman–Crippen LogP) is -0.134. The van der Waals surface area contributed by atoms with Crippen molar-refractivity contribution in [1.82, 2.24) is 10.2 Å². The molecule has 0 aromatic heterocycles. The third-order valence-electron chi connectivity index (χ3n) is 2.37. The minimum Gasteiger partial charge on any atom is -0.396 e. The molecule has 3 nitrogen and oxygen atoms in total. The van der Waals surface area contributed by atoms with Gasteiger partial charge in [-0.15, -0.1) is 0 Å². The zero-order valence-electron chi connectivity index (χ0n) is 7.38. The molecule has 0 aromatic rings. The van der Waals surface area contributed by atoms with Crippen LogP contribution in [0.4, 0.5) is 0 Å². The van der Waals surface area contributed by atoms with E-state index in [1.54, 1.807) is 0 Å². The molecular formula is C8H18N2O. The molecule has 1 heterocycles. The SMILES string of the molecule is CN(C)C1CC(CO)CCN1. The third-order valence-corrected chi connectivity index (χ3v) is 2.37. The average molecular weight is 158 g/mol. The lowest BCUT2D eigenvalue weighted by Gasteiger charge is -2.33. The number of piperidine rings is 1. The van der Waals surface area contributed by atoms with Crippen molar-refractivity contribution in [2.24, 2.45) is 5.92 Å². The topological polar surface area (TPSA) is 35.5 Å². The fraction of sp³-hybridized carbons (Fsp3) is 1.00. The molecule has 2 atom stereocenters. The fourth-order valence-electron chi connectivity index (χ4n) is 1.53. The van der Waals surface area contributed by atoms with Crippen LogP contribution in [0.15, 0.2) is 0 Å². The largest absolute Gasteiger partial charge is 0.396 e. The highest BCUT2D eigenvalue weighted by molar-refractivity contribution is 4.75. The van der Waals surface area contributed by atoms with Crippen LogP contribution < -0.4 is 5.32 Å². The Bertz CT molecular complexity index is 117. The van der Waals surface area contributed by atoms with Crippen molar-refractivity contribution in [3.8, 4) is 0 Å². The average Bonchev–Trinajstić information content (AvgIpc) is 2.05. The summed E-state index contributed by atoms with van der Waals surface area (Å²) in [4.78, 5) is 2.17. The molecule has 66 valence electrons. The van der Waals surface area contributed by atoms with Gasteiger partial charge in [-0.2, -0.15) is 0 Å². The fourth-order valence-corrected chi connectivity index (χ4v) is 1.53. The molecule has 2 N–H and O–H groups in total. The molecule has 0 bridgehead atoms. The molecule has 0 aliphatic carbocycles. The van der Waals surface area contributed by atoms with Crippen LogP contribution in [0.2, 0.25) is 0 Å². The lowest BCUT2D eigenvalue weighted by atomic mass is 9.96. The van der Waals surface area contributed by atoms with Crippen LogP contribution >= 0.6 is 0 Å². The van der Waals surface area contributed by atoms with Crippen LogP contribution in [0, 0.1) is 5.92 Å². The molecule has 1 fully saturated rings. The number of hydrogen-bond acceptors (Lipinski definition) is 3. The molecule has 0 saturated carbocycles. The van der Waals surface area contributed by atoms with Crippen molar-refractivity contribution in [3.63, 3.8) is 0 Å². The van der Waals surface area contributed by atoms with Gasteiger partial charge < -0.3 is 10.4 Å². The number of nitrogens with one attached hydrogen (secondary N) is 1. The summed E-state index contributed by atoms with van der Waals surface area (Å²) < 4.78 is 0. The van der Waals surface area contributed by atoms with Gasteiger partial charge in [-0.05, 0) is 39.4 Å². The maximum atomic E-state index is 8.94. The van der Waals surface area contributed by atoms with Crippen LogP contribution in [-0.4, -0.2) is 43.4 Å². The van der Waals surface area contributed by atoms with Crippen molar-refractivity contribution in [1.29, 1.82) is 0 Å². The quantitative estimate of drug-likeness (QED) is 0.587. The molecule has 11 heavy (non-hydrogen) atoms. The van der Waals surface area contributed by atoms with Crippen molar-refractivity contribution in [3.05, 3.63) is 0 Å². The lowest BCUT2D eigenvalue weighted by Crippen LogP contribution is -2.47. The molecule has 0 aromatic carbocycles. The van der Waals surface area contributed by atoms with Gasteiger partial charge in [0.25, 0.3) is 0 Å². The van der Waals surface area contributed by atoms with Crippen molar-refractivity contribution >= 4 is 0 Å². The number of aliphatic hydroxyl groups is 1. The summed E-state index contributed by atoms with van der Waals surface area (Å²) in [5.41, 5.74) is 0. The van der Waals surface area contributed by atoms with Gasteiger partial charge >= 0.3 is 0 Å². The van der Waals surface area contributed by atoms with Crippen molar-refractivity contribution < 1.29 is 5.11 Å². The van der Waals surface area contributed by atoms with E-state index in [0.717, 1.165) is 19.4 Å². The second-order valence-corrected chi connectivity index (χ2v) is 3.51. The first-order valence-corrected chi connectivity index (χ1v) is 4.24. The molecule has 0 amide bonds. The first-order valence-electron chi connectivity index (χ1n) is 4.24. The van der Waals surface area contributed by atoms with Crippen LogP contribution in [-0.2, 0) is 0 Å².